The summed E-state index contributed by atoms with van der Waals surface area (Å²) in [5.74, 6) is 0.968. The second kappa shape index (κ2) is 3.73. The smallest absolute Gasteiger partial charge is 0.314 e. The number of hydrogen-bond acceptors (Lipinski definition) is 4. The third kappa shape index (κ3) is 1.54. The highest BCUT2D eigenvalue weighted by Gasteiger charge is 2.07. The molecule has 2 N–H and O–H groups in total. The Morgan fingerprint density at radius 3 is 1.56 bits per heavy atom. The number of benzene rings is 1. The van der Waals surface area contributed by atoms with Crippen LogP contribution in [0.1, 0.15) is 0 Å². The first-order valence-electron chi connectivity index (χ1n) is 4.54. The van der Waals surface area contributed by atoms with E-state index in [0.717, 1.165) is 0 Å². The lowest BCUT2D eigenvalue weighted by atomic mass is 10.2. The van der Waals surface area contributed by atoms with Crippen molar-refractivity contribution in [2.45, 2.75) is 0 Å². The lowest BCUT2D eigenvalue weighted by Crippen LogP contribution is -2.28. The summed E-state index contributed by atoms with van der Waals surface area (Å²) < 4.78 is 10.2. The van der Waals surface area contributed by atoms with Gasteiger partial charge < -0.3 is 19.4 Å². The van der Waals surface area contributed by atoms with Crippen LogP contribution < -0.4 is 20.6 Å². The van der Waals surface area contributed by atoms with E-state index >= 15 is 0 Å². The molecule has 2 rings (SSSR count). The average Bonchev–Trinajstić information content (AvgIpc) is 2.29. The highest BCUT2D eigenvalue weighted by atomic mass is 16.5. The van der Waals surface area contributed by atoms with Gasteiger partial charge in [-0.3, -0.25) is 9.59 Å². The van der Waals surface area contributed by atoms with Gasteiger partial charge in [0.05, 0.1) is 25.3 Å². The molecule has 0 spiro atoms. The molecule has 0 saturated carbocycles. The van der Waals surface area contributed by atoms with Crippen molar-refractivity contribution >= 4 is 11.0 Å². The predicted molar refractivity (Wildman–Crippen MR) is 58.3 cm³/mol. The van der Waals surface area contributed by atoms with E-state index in [1.165, 1.54) is 14.2 Å². The Labute approximate surface area is 89.8 Å². The summed E-state index contributed by atoms with van der Waals surface area (Å²) in [4.78, 5) is 27.1. The molecule has 0 amide bonds. The van der Waals surface area contributed by atoms with Crippen molar-refractivity contribution < 1.29 is 9.47 Å². The molecular formula is C10H10N2O4. The van der Waals surface area contributed by atoms with E-state index in [9.17, 15) is 9.59 Å². The summed E-state index contributed by atoms with van der Waals surface area (Å²) in [6, 6.07) is 3.18. The van der Waals surface area contributed by atoms with Crippen LogP contribution in [0, 0.1) is 0 Å². The lowest BCUT2D eigenvalue weighted by molar-refractivity contribution is 0.355. The van der Waals surface area contributed by atoms with Gasteiger partial charge >= 0.3 is 11.1 Å². The van der Waals surface area contributed by atoms with Crippen LogP contribution >= 0.6 is 0 Å². The summed E-state index contributed by atoms with van der Waals surface area (Å²) in [5.41, 5.74) is -0.413. The Morgan fingerprint density at radius 1 is 0.875 bits per heavy atom. The van der Waals surface area contributed by atoms with Gasteiger partial charge in [0.15, 0.2) is 11.5 Å². The van der Waals surface area contributed by atoms with Gasteiger partial charge in [-0.15, -0.1) is 0 Å². The molecule has 0 aliphatic carbocycles. The van der Waals surface area contributed by atoms with E-state index in [4.69, 9.17) is 9.47 Å². The topological polar surface area (TPSA) is 84.2 Å². The summed E-state index contributed by atoms with van der Waals surface area (Å²) in [6.07, 6.45) is 0. The first-order chi connectivity index (χ1) is 7.65. The van der Waals surface area contributed by atoms with Crippen molar-refractivity contribution in [3.8, 4) is 11.5 Å². The van der Waals surface area contributed by atoms with E-state index in [2.05, 4.69) is 9.97 Å². The molecule has 6 heteroatoms. The molecule has 0 radical (unpaired) electrons. The van der Waals surface area contributed by atoms with Gasteiger partial charge in [0.2, 0.25) is 0 Å². The number of fused-ring (bicyclic) bond motifs is 1. The third-order valence-corrected chi connectivity index (χ3v) is 2.23. The Morgan fingerprint density at radius 2 is 1.25 bits per heavy atom. The molecular weight excluding hydrogens is 212 g/mol. The fourth-order valence-corrected chi connectivity index (χ4v) is 1.44. The summed E-state index contributed by atoms with van der Waals surface area (Å²) in [7, 11) is 2.99. The van der Waals surface area contributed by atoms with Crippen LogP contribution in [-0.4, -0.2) is 24.2 Å². The molecule has 6 nitrogen and oxygen atoms in total. The molecule has 0 aliphatic rings. The molecule has 0 bridgehead atoms. The Hall–Kier alpha value is -2.24. The minimum Gasteiger partial charge on any atom is -0.493 e. The van der Waals surface area contributed by atoms with Gasteiger partial charge in [0, 0.05) is 12.1 Å². The van der Waals surface area contributed by atoms with E-state index in [-0.39, 0.29) is 0 Å². The lowest BCUT2D eigenvalue weighted by Gasteiger charge is -2.08. The van der Waals surface area contributed by atoms with Crippen LogP contribution in [-0.2, 0) is 0 Å². The van der Waals surface area contributed by atoms with Crippen molar-refractivity contribution in [2.75, 3.05) is 14.2 Å². The fourth-order valence-electron chi connectivity index (χ4n) is 1.44. The highest BCUT2D eigenvalue weighted by Crippen LogP contribution is 2.29. The molecule has 0 saturated heterocycles. The van der Waals surface area contributed by atoms with Gasteiger partial charge in [-0.25, -0.2) is 0 Å². The number of rotatable bonds is 2. The number of aromatic amines is 2. The molecule has 0 aliphatic heterocycles. The number of hydrogen-bond donors (Lipinski definition) is 2. The normalized spacial score (nSPS) is 10.4. The van der Waals surface area contributed by atoms with Gasteiger partial charge in [-0.2, -0.15) is 0 Å². The zero-order valence-electron chi connectivity index (χ0n) is 8.79. The second-order valence-electron chi connectivity index (χ2n) is 3.16. The maximum Gasteiger partial charge on any atom is 0.314 e. The minimum absolute atomic E-state index is 0.484. The summed E-state index contributed by atoms with van der Waals surface area (Å²) >= 11 is 0. The third-order valence-electron chi connectivity index (χ3n) is 2.23. The fraction of sp³-hybridized carbons (Fsp3) is 0.200. The Bertz CT molecular complexity index is 585. The van der Waals surface area contributed by atoms with Crippen LogP contribution in [0.5, 0.6) is 11.5 Å². The maximum atomic E-state index is 11.1. The molecule has 0 unspecified atom stereocenters. The SMILES string of the molecule is COc1cc2[nH]c(=O)c(=O)[nH]c2cc1OC. The maximum absolute atomic E-state index is 11.1. The number of ether oxygens (including phenoxy) is 2. The van der Waals surface area contributed by atoms with Crippen LogP contribution in [0.2, 0.25) is 0 Å². The van der Waals surface area contributed by atoms with E-state index in [0.29, 0.717) is 22.5 Å². The van der Waals surface area contributed by atoms with Gasteiger partial charge in [-0.1, -0.05) is 0 Å². The van der Waals surface area contributed by atoms with Crippen LogP contribution in [0.4, 0.5) is 0 Å². The van der Waals surface area contributed by atoms with Crippen molar-refractivity contribution in [2.24, 2.45) is 0 Å². The molecule has 1 aromatic carbocycles. The van der Waals surface area contributed by atoms with Crippen LogP contribution in [0.3, 0.4) is 0 Å². The molecule has 84 valence electrons. The number of aromatic nitrogens is 2. The summed E-state index contributed by atoms with van der Waals surface area (Å²) in [5, 5.41) is 0. The standard InChI is InChI=1S/C10H10N2O4/c1-15-7-3-5-6(4-8(7)16-2)12-10(14)9(13)11-5/h3-4H,1-2H3,(H,11,13)(H,12,14). The zero-order chi connectivity index (χ0) is 11.7. The van der Waals surface area contributed by atoms with E-state index < -0.39 is 11.1 Å². The molecule has 16 heavy (non-hydrogen) atoms. The number of nitrogens with one attached hydrogen (secondary N) is 2. The van der Waals surface area contributed by atoms with Gasteiger partial charge in [-0.05, 0) is 0 Å². The summed E-state index contributed by atoms with van der Waals surface area (Å²) in [6.45, 7) is 0. The van der Waals surface area contributed by atoms with Gasteiger partial charge in [0.1, 0.15) is 0 Å². The van der Waals surface area contributed by atoms with E-state index in [1.807, 2.05) is 0 Å². The van der Waals surface area contributed by atoms with Crippen molar-refractivity contribution in [1.82, 2.24) is 9.97 Å². The second-order valence-corrected chi connectivity index (χ2v) is 3.16. The number of H-pyrrole nitrogens is 2. The van der Waals surface area contributed by atoms with E-state index in [1.54, 1.807) is 12.1 Å². The Balaban J connectivity index is 2.83. The predicted octanol–water partition coefficient (Wildman–Crippen LogP) is 0.234. The van der Waals surface area contributed by atoms with Crippen LogP contribution in [0.25, 0.3) is 11.0 Å². The zero-order valence-corrected chi connectivity index (χ0v) is 8.79. The molecule has 0 fully saturated rings. The largest absolute Gasteiger partial charge is 0.493 e. The molecule has 1 heterocycles. The van der Waals surface area contributed by atoms with Gasteiger partial charge in [0.25, 0.3) is 0 Å². The average molecular weight is 222 g/mol. The minimum atomic E-state index is -0.695. The Kier molecular flexibility index (Phi) is 2.40. The molecule has 0 atom stereocenters. The van der Waals surface area contributed by atoms with Crippen molar-refractivity contribution in [3.05, 3.63) is 32.8 Å². The molecule has 1 aromatic heterocycles. The monoisotopic (exact) mass is 222 g/mol. The quantitative estimate of drug-likeness (QED) is 0.712. The first-order valence-corrected chi connectivity index (χ1v) is 4.54. The van der Waals surface area contributed by atoms with Crippen LogP contribution in [0.15, 0.2) is 21.7 Å². The van der Waals surface area contributed by atoms with Crippen molar-refractivity contribution in [1.29, 1.82) is 0 Å². The first kappa shape index (κ1) is 10.3. The number of methoxy groups -OCH3 is 2. The highest BCUT2D eigenvalue weighted by molar-refractivity contribution is 5.78. The van der Waals surface area contributed by atoms with Crippen molar-refractivity contribution in [3.63, 3.8) is 0 Å². The molecule has 2 aromatic rings.